The molecule has 2 aromatic heterocycles. The van der Waals surface area contributed by atoms with E-state index in [1.165, 1.54) is 24.5 Å². The summed E-state index contributed by atoms with van der Waals surface area (Å²) >= 11 is 0. The Balaban J connectivity index is 1.79. The van der Waals surface area contributed by atoms with Crippen molar-refractivity contribution in [3.05, 3.63) is 76.7 Å². The van der Waals surface area contributed by atoms with Gasteiger partial charge in [-0.15, -0.1) is 0 Å². The highest BCUT2D eigenvalue weighted by Gasteiger charge is 2.05. The molecule has 0 atom stereocenters. The Hall–Kier alpha value is -3.21. The Morgan fingerprint density at radius 3 is 2.76 bits per heavy atom. The minimum Gasteiger partial charge on any atom is -0.463 e. The summed E-state index contributed by atoms with van der Waals surface area (Å²) in [6.07, 6.45) is 10.8. The van der Waals surface area contributed by atoms with Crippen molar-refractivity contribution in [3.8, 4) is 0 Å². The monoisotopic (exact) mass is 334 g/mol. The molecule has 0 aliphatic heterocycles. The molecular formula is C20H18N2O3. The zero-order valence-electron chi connectivity index (χ0n) is 14.0. The number of hydrogen-bond donors (Lipinski definition) is 0. The Kier molecular flexibility index (Phi) is 4.75. The van der Waals surface area contributed by atoms with Crippen LogP contribution in [0.4, 0.5) is 0 Å². The molecule has 0 saturated carbocycles. The number of hydrogen-bond acceptors (Lipinski definition) is 4. The maximum Gasteiger partial charge on any atom is 0.199 e. The van der Waals surface area contributed by atoms with Crippen molar-refractivity contribution >= 4 is 28.9 Å². The van der Waals surface area contributed by atoms with Gasteiger partial charge in [-0.25, -0.2) is 4.98 Å². The van der Waals surface area contributed by atoms with E-state index in [-0.39, 0.29) is 17.3 Å². The second kappa shape index (κ2) is 7.13. The van der Waals surface area contributed by atoms with Crippen LogP contribution in [0.1, 0.15) is 31.3 Å². The summed E-state index contributed by atoms with van der Waals surface area (Å²) < 4.78 is 7.39. The van der Waals surface area contributed by atoms with E-state index in [2.05, 4.69) is 4.98 Å². The predicted molar refractivity (Wildman–Crippen MR) is 98.2 cm³/mol. The van der Waals surface area contributed by atoms with E-state index in [9.17, 15) is 9.59 Å². The zero-order valence-corrected chi connectivity index (χ0v) is 14.0. The first-order chi connectivity index (χ1) is 12.1. The minimum atomic E-state index is -0.231. The van der Waals surface area contributed by atoms with E-state index in [1.54, 1.807) is 36.5 Å². The van der Waals surface area contributed by atoms with E-state index < -0.39 is 0 Å². The molecule has 0 amide bonds. The normalized spacial score (nSPS) is 12.0. The average molecular weight is 334 g/mol. The number of aromatic nitrogens is 2. The van der Waals surface area contributed by atoms with Crippen molar-refractivity contribution in [2.75, 3.05) is 0 Å². The summed E-state index contributed by atoms with van der Waals surface area (Å²) in [4.78, 5) is 28.6. The standard InChI is InChI=1S/C20H18N2O3/c1-14(2)22-12-11-21-19(22)10-9-16(23)8-7-15-13-25-18-6-4-3-5-17(18)20(15)24/h3-14H,1-2H3/b8-7+,10-9+. The Bertz CT molecular complexity index is 1020. The number of nitrogens with zero attached hydrogens (tertiary/aromatic N) is 2. The van der Waals surface area contributed by atoms with Crippen LogP contribution in [0.2, 0.25) is 0 Å². The average Bonchev–Trinajstić information content (AvgIpc) is 3.08. The fourth-order valence-corrected chi connectivity index (χ4v) is 2.48. The molecule has 25 heavy (non-hydrogen) atoms. The number of imidazole rings is 1. The van der Waals surface area contributed by atoms with Crippen molar-refractivity contribution in [2.24, 2.45) is 0 Å². The van der Waals surface area contributed by atoms with Crippen LogP contribution in [0.3, 0.4) is 0 Å². The third kappa shape index (κ3) is 3.66. The lowest BCUT2D eigenvalue weighted by Crippen LogP contribution is -2.04. The van der Waals surface area contributed by atoms with Gasteiger partial charge in [-0.3, -0.25) is 9.59 Å². The second-order valence-electron chi connectivity index (χ2n) is 5.87. The lowest BCUT2D eigenvalue weighted by Gasteiger charge is -2.07. The molecule has 3 rings (SSSR count). The van der Waals surface area contributed by atoms with Gasteiger partial charge < -0.3 is 8.98 Å². The Morgan fingerprint density at radius 1 is 1.20 bits per heavy atom. The molecule has 126 valence electrons. The van der Waals surface area contributed by atoms with Crippen LogP contribution in [-0.2, 0) is 4.79 Å². The van der Waals surface area contributed by atoms with Crippen LogP contribution in [0, 0.1) is 0 Å². The minimum absolute atomic E-state index is 0.162. The van der Waals surface area contributed by atoms with E-state index in [1.807, 2.05) is 24.6 Å². The fourth-order valence-electron chi connectivity index (χ4n) is 2.48. The number of allylic oxidation sites excluding steroid dienone is 2. The third-order valence-corrected chi connectivity index (χ3v) is 3.79. The summed E-state index contributed by atoms with van der Waals surface area (Å²) in [5, 5.41) is 0.492. The molecule has 0 aliphatic carbocycles. The van der Waals surface area contributed by atoms with Crippen molar-refractivity contribution < 1.29 is 9.21 Å². The lowest BCUT2D eigenvalue weighted by molar-refractivity contribution is -0.110. The number of rotatable bonds is 5. The predicted octanol–water partition coefficient (Wildman–Crippen LogP) is 3.87. The van der Waals surface area contributed by atoms with E-state index in [0.29, 0.717) is 22.4 Å². The van der Waals surface area contributed by atoms with Gasteiger partial charge in [-0.1, -0.05) is 12.1 Å². The van der Waals surface area contributed by atoms with Gasteiger partial charge in [0.2, 0.25) is 0 Å². The molecule has 0 saturated heterocycles. The SMILES string of the molecule is CC(C)n1ccnc1/C=C/C(=O)/C=C/c1coc2ccccc2c1=O. The lowest BCUT2D eigenvalue weighted by atomic mass is 10.1. The van der Waals surface area contributed by atoms with E-state index in [0.717, 1.165) is 0 Å². The Morgan fingerprint density at radius 2 is 1.96 bits per heavy atom. The summed E-state index contributed by atoms with van der Waals surface area (Å²) in [6.45, 7) is 4.08. The van der Waals surface area contributed by atoms with Gasteiger partial charge >= 0.3 is 0 Å². The van der Waals surface area contributed by atoms with Crippen LogP contribution in [0.25, 0.3) is 23.1 Å². The topological polar surface area (TPSA) is 65.1 Å². The van der Waals surface area contributed by atoms with Gasteiger partial charge in [-0.2, -0.15) is 0 Å². The second-order valence-corrected chi connectivity index (χ2v) is 5.87. The van der Waals surface area contributed by atoms with E-state index in [4.69, 9.17) is 4.42 Å². The molecule has 0 fully saturated rings. The number of fused-ring (bicyclic) bond motifs is 1. The van der Waals surface area contributed by atoms with Crippen molar-refractivity contribution in [2.45, 2.75) is 19.9 Å². The molecule has 2 heterocycles. The summed E-state index contributed by atoms with van der Waals surface area (Å²) in [7, 11) is 0. The van der Waals surface area contributed by atoms with Crippen molar-refractivity contribution in [3.63, 3.8) is 0 Å². The first kappa shape index (κ1) is 16.6. The number of para-hydroxylation sites is 1. The summed E-state index contributed by atoms with van der Waals surface area (Å²) in [5.41, 5.74) is 0.700. The highest BCUT2D eigenvalue weighted by atomic mass is 16.3. The maximum absolute atomic E-state index is 12.4. The van der Waals surface area contributed by atoms with Gasteiger partial charge in [0.1, 0.15) is 17.7 Å². The quantitative estimate of drug-likeness (QED) is 0.665. The van der Waals surface area contributed by atoms with E-state index >= 15 is 0 Å². The van der Waals surface area contributed by atoms with Gasteiger partial charge in [0.05, 0.1) is 10.9 Å². The molecule has 5 heteroatoms. The van der Waals surface area contributed by atoms with Crippen molar-refractivity contribution in [1.29, 1.82) is 0 Å². The molecular weight excluding hydrogens is 316 g/mol. The number of ketones is 1. The highest BCUT2D eigenvalue weighted by Crippen LogP contribution is 2.12. The zero-order chi connectivity index (χ0) is 17.8. The van der Waals surface area contributed by atoms with Gasteiger partial charge in [0.15, 0.2) is 11.2 Å². The number of carbonyl (C=O) groups excluding carboxylic acids is 1. The van der Waals surface area contributed by atoms with Crippen LogP contribution in [0.5, 0.6) is 0 Å². The van der Waals surface area contributed by atoms with Crippen LogP contribution < -0.4 is 5.43 Å². The first-order valence-electron chi connectivity index (χ1n) is 8.00. The largest absolute Gasteiger partial charge is 0.463 e. The molecule has 0 N–H and O–H groups in total. The highest BCUT2D eigenvalue weighted by molar-refractivity contribution is 6.04. The number of benzene rings is 1. The molecule has 0 radical (unpaired) electrons. The molecule has 5 nitrogen and oxygen atoms in total. The first-order valence-corrected chi connectivity index (χ1v) is 8.00. The molecule has 0 aliphatic rings. The molecule has 1 aromatic carbocycles. The van der Waals surface area contributed by atoms with Crippen molar-refractivity contribution in [1.82, 2.24) is 9.55 Å². The summed E-state index contributed by atoms with van der Waals surface area (Å²) in [6, 6.07) is 7.27. The van der Waals surface area contributed by atoms with Gasteiger partial charge in [0.25, 0.3) is 0 Å². The Labute approximate surface area is 144 Å². The smallest absolute Gasteiger partial charge is 0.199 e. The fraction of sp³-hybridized carbons (Fsp3) is 0.150. The molecule has 3 aromatic rings. The molecule has 0 spiro atoms. The molecule has 0 unspecified atom stereocenters. The van der Waals surface area contributed by atoms with Crippen LogP contribution >= 0.6 is 0 Å². The van der Waals surface area contributed by atoms with Crippen LogP contribution in [-0.4, -0.2) is 15.3 Å². The van der Waals surface area contributed by atoms with Gasteiger partial charge in [-0.05, 0) is 50.3 Å². The maximum atomic E-state index is 12.4. The van der Waals surface area contributed by atoms with Crippen LogP contribution in [0.15, 0.2) is 64.3 Å². The number of carbonyl (C=O) groups is 1. The third-order valence-electron chi connectivity index (χ3n) is 3.79. The van der Waals surface area contributed by atoms with Gasteiger partial charge in [0, 0.05) is 18.4 Å². The summed E-state index contributed by atoms with van der Waals surface area (Å²) in [5.74, 6) is 0.479. The molecule has 0 bridgehead atoms.